The molecule has 0 unspecified atom stereocenters. The lowest BCUT2D eigenvalue weighted by molar-refractivity contribution is -0.334. The monoisotopic (exact) mass is 421 g/mol. The number of nitrogens with one attached hydrogen (secondary N) is 1. The maximum atomic E-state index is 13.1. The fourth-order valence-corrected chi connectivity index (χ4v) is 3.39. The largest absolute Gasteiger partial charge is 0.404 e. The van der Waals surface area contributed by atoms with Gasteiger partial charge in [0.2, 0.25) is 0 Å². The summed E-state index contributed by atoms with van der Waals surface area (Å²) in [5.74, 6) is -0.972. The summed E-state index contributed by atoms with van der Waals surface area (Å²) in [6.07, 6.45) is -9.43. The van der Waals surface area contributed by atoms with Crippen molar-refractivity contribution in [3.8, 4) is 0 Å². The van der Waals surface area contributed by atoms with Crippen LogP contribution in [0.1, 0.15) is 35.8 Å². The van der Waals surface area contributed by atoms with E-state index in [0.29, 0.717) is 4.90 Å². The Morgan fingerprint density at radius 3 is 2.26 bits per heavy atom. The van der Waals surface area contributed by atoms with Crippen LogP contribution in [0.25, 0.3) is 0 Å². The zero-order valence-electron chi connectivity index (χ0n) is 14.0. The van der Waals surface area contributed by atoms with Gasteiger partial charge in [0.15, 0.2) is 11.1 Å². The molecule has 0 atom stereocenters. The molecule has 1 N–H and O–H groups in total. The highest BCUT2D eigenvalue weighted by atomic mass is 35.5. The van der Waals surface area contributed by atoms with Crippen LogP contribution in [0, 0.1) is 5.41 Å². The Balaban J connectivity index is 0.00000261. The molecule has 13 heteroatoms. The van der Waals surface area contributed by atoms with Crippen molar-refractivity contribution in [2.75, 3.05) is 26.2 Å². The number of carbonyl (C=O) groups excluding carboxylic acids is 1. The zero-order valence-corrected chi connectivity index (χ0v) is 14.8. The molecule has 0 aliphatic carbocycles. The van der Waals surface area contributed by atoms with Gasteiger partial charge in [0.1, 0.15) is 0 Å². The van der Waals surface area contributed by atoms with Crippen molar-refractivity contribution in [3.05, 3.63) is 11.9 Å². The molecule has 27 heavy (non-hydrogen) atoms. The molecule has 6 nitrogen and oxygen atoms in total. The van der Waals surface area contributed by atoms with Crippen LogP contribution >= 0.6 is 12.4 Å². The van der Waals surface area contributed by atoms with Crippen molar-refractivity contribution in [2.45, 2.75) is 37.7 Å². The fraction of sp³-hybridized carbons (Fsp3) is 0.786. The third-order valence-electron chi connectivity index (χ3n) is 5.05. The average molecular weight is 422 g/mol. The lowest BCUT2D eigenvalue weighted by Gasteiger charge is -2.33. The Hall–Kier alpha value is -1.56. The number of aromatic nitrogens is 3. The summed E-state index contributed by atoms with van der Waals surface area (Å²) in [5, 5.41) is 10.6. The Morgan fingerprint density at radius 2 is 1.74 bits per heavy atom. The summed E-state index contributed by atoms with van der Waals surface area (Å²) in [6, 6.07) is -0.00619. The molecule has 3 rings (SSSR count). The van der Waals surface area contributed by atoms with Crippen LogP contribution in [0.2, 0.25) is 0 Å². The molecule has 0 radical (unpaired) electrons. The summed E-state index contributed by atoms with van der Waals surface area (Å²) >= 11 is 0. The van der Waals surface area contributed by atoms with Gasteiger partial charge in [-0.2, -0.15) is 26.3 Å². The lowest BCUT2D eigenvalue weighted by atomic mass is 9.85. The van der Waals surface area contributed by atoms with Crippen LogP contribution in [-0.4, -0.2) is 64.3 Å². The number of rotatable bonds is 2. The van der Waals surface area contributed by atoms with Gasteiger partial charge in [-0.1, -0.05) is 5.21 Å². The first kappa shape index (κ1) is 21.7. The molecule has 0 bridgehead atoms. The normalized spacial score (nSPS) is 21.2. The summed E-state index contributed by atoms with van der Waals surface area (Å²) in [5.41, 5.74) is -4.15. The van der Waals surface area contributed by atoms with Gasteiger partial charge in [-0.25, -0.2) is 4.68 Å². The molecular weight excluding hydrogens is 404 g/mol. The number of hydrogen-bond donors (Lipinski definition) is 1. The van der Waals surface area contributed by atoms with Crippen molar-refractivity contribution in [3.63, 3.8) is 0 Å². The first-order valence-electron chi connectivity index (χ1n) is 8.10. The van der Waals surface area contributed by atoms with Gasteiger partial charge in [0.05, 0.1) is 12.2 Å². The van der Waals surface area contributed by atoms with E-state index in [1.807, 2.05) is 0 Å². The SMILES string of the molecule is Cl.O=C(c1cn(C2CCNCC2)nn1)N1CCC(C(F)(F)F)(C(F)(F)F)C1. The molecule has 0 spiro atoms. The topological polar surface area (TPSA) is 63.1 Å². The van der Waals surface area contributed by atoms with Gasteiger partial charge in [0.25, 0.3) is 5.91 Å². The molecule has 154 valence electrons. The van der Waals surface area contributed by atoms with E-state index in [4.69, 9.17) is 0 Å². The molecule has 2 saturated heterocycles. The summed E-state index contributed by atoms with van der Waals surface area (Å²) in [6.45, 7) is -0.601. The van der Waals surface area contributed by atoms with E-state index in [9.17, 15) is 31.1 Å². The Kier molecular flexibility index (Phi) is 6.00. The van der Waals surface area contributed by atoms with Crippen molar-refractivity contribution in [1.29, 1.82) is 0 Å². The van der Waals surface area contributed by atoms with E-state index in [1.165, 1.54) is 10.9 Å². The molecule has 2 fully saturated rings. The van der Waals surface area contributed by atoms with E-state index in [-0.39, 0.29) is 24.1 Å². The van der Waals surface area contributed by atoms with E-state index in [2.05, 4.69) is 15.6 Å². The third-order valence-corrected chi connectivity index (χ3v) is 5.05. The van der Waals surface area contributed by atoms with Gasteiger partial charge < -0.3 is 10.2 Å². The first-order chi connectivity index (χ1) is 12.1. The second-order valence-electron chi connectivity index (χ2n) is 6.62. The average Bonchev–Trinajstić information content (AvgIpc) is 3.22. The molecule has 3 heterocycles. The quantitative estimate of drug-likeness (QED) is 0.746. The minimum atomic E-state index is -5.49. The summed E-state index contributed by atoms with van der Waals surface area (Å²) < 4.78 is 80.1. The highest BCUT2D eigenvalue weighted by Crippen LogP contribution is 2.55. The second-order valence-corrected chi connectivity index (χ2v) is 6.62. The number of piperidine rings is 1. The van der Waals surface area contributed by atoms with Crippen LogP contribution in [0.4, 0.5) is 26.3 Å². The second kappa shape index (κ2) is 7.46. The molecule has 2 aliphatic heterocycles. The number of amides is 1. The highest BCUT2D eigenvalue weighted by Gasteiger charge is 2.73. The van der Waals surface area contributed by atoms with Gasteiger partial charge in [-0.3, -0.25) is 4.79 Å². The van der Waals surface area contributed by atoms with Crippen molar-refractivity contribution in [2.24, 2.45) is 5.41 Å². The lowest BCUT2D eigenvalue weighted by Crippen LogP contribution is -2.52. The number of nitrogens with zero attached hydrogens (tertiary/aromatic N) is 4. The number of likely N-dealkylation sites (tertiary alicyclic amines) is 1. The van der Waals surface area contributed by atoms with E-state index < -0.39 is 43.2 Å². The van der Waals surface area contributed by atoms with Crippen molar-refractivity contribution in [1.82, 2.24) is 25.2 Å². The Morgan fingerprint density at radius 1 is 1.15 bits per heavy atom. The number of halogens is 7. The smallest absolute Gasteiger partial charge is 0.336 e. The highest BCUT2D eigenvalue weighted by molar-refractivity contribution is 5.92. The fourth-order valence-electron chi connectivity index (χ4n) is 3.39. The molecule has 2 aliphatic rings. The Labute approximate surface area is 156 Å². The van der Waals surface area contributed by atoms with E-state index in [0.717, 1.165) is 25.9 Å². The van der Waals surface area contributed by atoms with E-state index in [1.54, 1.807) is 0 Å². The first-order valence-corrected chi connectivity index (χ1v) is 8.10. The predicted molar refractivity (Wildman–Crippen MR) is 83.5 cm³/mol. The van der Waals surface area contributed by atoms with Gasteiger partial charge in [-0.15, -0.1) is 17.5 Å². The molecule has 0 saturated carbocycles. The van der Waals surface area contributed by atoms with Crippen LogP contribution in [0.15, 0.2) is 6.20 Å². The molecule has 0 aromatic carbocycles. The summed E-state index contributed by atoms with van der Waals surface area (Å²) in [4.78, 5) is 12.9. The van der Waals surface area contributed by atoms with Crippen LogP contribution in [-0.2, 0) is 0 Å². The molecular formula is C14H18ClF6N5O. The number of hydrogen-bond acceptors (Lipinski definition) is 4. The molecule has 1 aromatic rings. The number of carbonyl (C=O) groups is 1. The Bertz CT molecular complexity index is 656. The van der Waals surface area contributed by atoms with Gasteiger partial charge in [-0.05, 0) is 32.4 Å². The zero-order chi connectivity index (χ0) is 19.2. The molecule has 1 amide bonds. The van der Waals surface area contributed by atoms with E-state index >= 15 is 0 Å². The minimum Gasteiger partial charge on any atom is -0.336 e. The third kappa shape index (κ3) is 3.86. The van der Waals surface area contributed by atoms with Gasteiger partial charge in [0, 0.05) is 13.1 Å². The standard InChI is InChI=1S/C14H17F6N5O.ClH/c15-13(16,17)12(14(18,19)20)3-6-24(8-12)11(26)10-7-25(23-22-10)9-1-4-21-5-2-9;/h7,9,21H,1-6,8H2;1H. The van der Waals surface area contributed by atoms with Crippen LogP contribution in [0.5, 0.6) is 0 Å². The predicted octanol–water partition coefficient (Wildman–Crippen LogP) is 2.58. The molecule has 1 aromatic heterocycles. The maximum absolute atomic E-state index is 13.1. The van der Waals surface area contributed by atoms with Crippen LogP contribution in [0.3, 0.4) is 0 Å². The van der Waals surface area contributed by atoms with Crippen molar-refractivity contribution < 1.29 is 31.1 Å². The maximum Gasteiger partial charge on any atom is 0.404 e. The minimum absolute atomic E-state index is 0. The summed E-state index contributed by atoms with van der Waals surface area (Å²) in [7, 11) is 0. The van der Waals surface area contributed by atoms with Crippen molar-refractivity contribution >= 4 is 18.3 Å². The van der Waals surface area contributed by atoms with Crippen LogP contribution < -0.4 is 5.32 Å². The number of alkyl halides is 6. The van der Waals surface area contributed by atoms with Gasteiger partial charge >= 0.3 is 12.4 Å².